The van der Waals surface area contributed by atoms with Gasteiger partial charge < -0.3 is 9.64 Å². The Morgan fingerprint density at radius 1 is 1.04 bits per heavy atom. The number of aryl methyl sites for hydroxylation is 1. The summed E-state index contributed by atoms with van der Waals surface area (Å²) in [6, 6.07) is 19.7. The number of nitrogens with zero attached hydrogens (tertiary/aromatic N) is 1. The largest absolute Gasteiger partial charge is 0.381 e. The van der Waals surface area contributed by atoms with Crippen LogP contribution in [0.25, 0.3) is 0 Å². The molecule has 3 aliphatic rings. The van der Waals surface area contributed by atoms with Gasteiger partial charge in [0.2, 0.25) is 5.91 Å². The number of carbonyl (C=O) groups is 1. The van der Waals surface area contributed by atoms with Crippen LogP contribution in [0.15, 0.2) is 54.6 Å². The minimum absolute atomic E-state index is 0.340. The molecule has 2 aromatic rings. The highest BCUT2D eigenvalue weighted by molar-refractivity contribution is 5.78. The summed E-state index contributed by atoms with van der Waals surface area (Å²) in [4.78, 5) is 15.5. The zero-order valence-electron chi connectivity index (χ0n) is 15.7. The monoisotopic (exact) mass is 361 g/mol. The SMILES string of the molecule is O=C(CC1CCc2ccccc21)N1CC(c2ccccc2)C2COCCC21. The molecule has 0 bridgehead atoms. The molecular formula is C24H27NO2. The summed E-state index contributed by atoms with van der Waals surface area (Å²) in [5.41, 5.74) is 4.18. The lowest BCUT2D eigenvalue weighted by Gasteiger charge is -2.33. The molecule has 0 saturated carbocycles. The van der Waals surface area contributed by atoms with E-state index in [-0.39, 0.29) is 0 Å². The van der Waals surface area contributed by atoms with E-state index in [9.17, 15) is 4.79 Å². The molecule has 27 heavy (non-hydrogen) atoms. The van der Waals surface area contributed by atoms with Gasteiger partial charge in [-0.05, 0) is 41.9 Å². The summed E-state index contributed by atoms with van der Waals surface area (Å²) in [6.45, 7) is 2.40. The number of hydrogen-bond acceptors (Lipinski definition) is 2. The fourth-order valence-corrected chi connectivity index (χ4v) is 5.53. The van der Waals surface area contributed by atoms with Gasteiger partial charge in [-0.1, -0.05) is 54.6 Å². The summed E-state index contributed by atoms with van der Waals surface area (Å²) in [6.07, 6.45) is 3.85. The molecule has 2 saturated heterocycles. The van der Waals surface area contributed by atoms with Crippen molar-refractivity contribution in [2.45, 2.75) is 43.6 Å². The van der Waals surface area contributed by atoms with Gasteiger partial charge in [0.05, 0.1) is 6.61 Å². The van der Waals surface area contributed by atoms with Crippen LogP contribution in [0.1, 0.15) is 47.8 Å². The van der Waals surface area contributed by atoms with Crippen molar-refractivity contribution in [1.82, 2.24) is 4.90 Å². The van der Waals surface area contributed by atoms with Gasteiger partial charge in [-0.25, -0.2) is 0 Å². The lowest BCUT2D eigenvalue weighted by Crippen LogP contribution is -2.42. The summed E-state index contributed by atoms with van der Waals surface area (Å²) in [5, 5.41) is 0. The van der Waals surface area contributed by atoms with Gasteiger partial charge >= 0.3 is 0 Å². The van der Waals surface area contributed by atoms with Crippen LogP contribution in [0.2, 0.25) is 0 Å². The van der Waals surface area contributed by atoms with E-state index in [1.54, 1.807) is 0 Å². The lowest BCUT2D eigenvalue weighted by molar-refractivity contribution is -0.134. The van der Waals surface area contributed by atoms with Crippen molar-refractivity contribution < 1.29 is 9.53 Å². The maximum atomic E-state index is 13.3. The van der Waals surface area contributed by atoms with Crippen molar-refractivity contribution in [3.8, 4) is 0 Å². The average Bonchev–Trinajstić information content (AvgIpc) is 3.31. The zero-order valence-corrected chi connectivity index (χ0v) is 15.7. The molecule has 2 fully saturated rings. The Hall–Kier alpha value is -2.13. The highest BCUT2D eigenvalue weighted by Crippen LogP contribution is 2.42. The van der Waals surface area contributed by atoms with E-state index < -0.39 is 0 Å². The van der Waals surface area contributed by atoms with Gasteiger partial charge in [0.15, 0.2) is 0 Å². The third-order valence-electron chi connectivity index (χ3n) is 6.90. The summed E-state index contributed by atoms with van der Waals surface area (Å²) in [7, 11) is 0. The Morgan fingerprint density at radius 3 is 2.74 bits per heavy atom. The molecule has 1 aliphatic carbocycles. The second kappa shape index (κ2) is 7.12. The first-order valence-corrected chi connectivity index (χ1v) is 10.3. The first kappa shape index (κ1) is 17.0. The van der Waals surface area contributed by atoms with E-state index in [0.29, 0.717) is 36.1 Å². The number of carbonyl (C=O) groups excluding carboxylic acids is 1. The van der Waals surface area contributed by atoms with Crippen LogP contribution in [0.3, 0.4) is 0 Å². The van der Waals surface area contributed by atoms with Crippen LogP contribution >= 0.6 is 0 Å². The number of hydrogen-bond donors (Lipinski definition) is 0. The fraction of sp³-hybridized carbons (Fsp3) is 0.458. The van der Waals surface area contributed by atoms with E-state index in [2.05, 4.69) is 59.5 Å². The number of rotatable bonds is 3. The highest BCUT2D eigenvalue weighted by Gasteiger charge is 2.46. The molecule has 0 radical (unpaired) electrons. The van der Waals surface area contributed by atoms with E-state index >= 15 is 0 Å². The van der Waals surface area contributed by atoms with Crippen LogP contribution in [0, 0.1) is 5.92 Å². The van der Waals surface area contributed by atoms with Crippen LogP contribution < -0.4 is 0 Å². The van der Waals surface area contributed by atoms with E-state index in [1.807, 2.05) is 0 Å². The number of fused-ring (bicyclic) bond motifs is 2. The van der Waals surface area contributed by atoms with Gasteiger partial charge in [-0.3, -0.25) is 4.79 Å². The summed E-state index contributed by atoms with van der Waals surface area (Å²) < 4.78 is 5.81. The molecule has 2 aromatic carbocycles. The van der Waals surface area contributed by atoms with E-state index in [1.165, 1.54) is 16.7 Å². The van der Waals surface area contributed by atoms with Gasteiger partial charge in [-0.2, -0.15) is 0 Å². The van der Waals surface area contributed by atoms with Gasteiger partial charge in [0.1, 0.15) is 0 Å². The van der Waals surface area contributed by atoms with Crippen LogP contribution in [-0.4, -0.2) is 36.6 Å². The Balaban J connectivity index is 1.36. The van der Waals surface area contributed by atoms with Crippen molar-refractivity contribution in [3.05, 3.63) is 71.3 Å². The van der Waals surface area contributed by atoms with Crippen LogP contribution in [0.4, 0.5) is 0 Å². The Morgan fingerprint density at radius 2 is 1.85 bits per heavy atom. The average molecular weight is 361 g/mol. The molecule has 2 heterocycles. The smallest absolute Gasteiger partial charge is 0.223 e. The maximum absolute atomic E-state index is 13.3. The first-order chi connectivity index (χ1) is 13.3. The molecule has 5 rings (SSSR count). The van der Waals surface area contributed by atoms with Crippen molar-refractivity contribution in [3.63, 3.8) is 0 Å². The molecule has 3 heteroatoms. The highest BCUT2D eigenvalue weighted by atomic mass is 16.5. The van der Waals surface area contributed by atoms with Gasteiger partial charge in [0.25, 0.3) is 0 Å². The van der Waals surface area contributed by atoms with E-state index in [4.69, 9.17) is 4.74 Å². The predicted molar refractivity (Wildman–Crippen MR) is 106 cm³/mol. The number of likely N-dealkylation sites (tertiary alicyclic amines) is 1. The summed E-state index contributed by atoms with van der Waals surface area (Å²) >= 11 is 0. The van der Waals surface area contributed by atoms with Crippen LogP contribution in [0.5, 0.6) is 0 Å². The lowest BCUT2D eigenvalue weighted by atomic mass is 9.84. The van der Waals surface area contributed by atoms with Crippen molar-refractivity contribution in [2.75, 3.05) is 19.8 Å². The first-order valence-electron chi connectivity index (χ1n) is 10.3. The molecule has 140 valence electrons. The molecular weight excluding hydrogens is 334 g/mol. The van der Waals surface area contributed by atoms with Gasteiger partial charge in [-0.15, -0.1) is 0 Å². The fourth-order valence-electron chi connectivity index (χ4n) is 5.53. The minimum atomic E-state index is 0.340. The minimum Gasteiger partial charge on any atom is -0.381 e. The Kier molecular flexibility index (Phi) is 4.48. The van der Waals surface area contributed by atoms with Crippen molar-refractivity contribution in [1.29, 1.82) is 0 Å². The molecule has 1 amide bonds. The Labute approximate surface area is 161 Å². The Bertz CT molecular complexity index is 818. The normalized spacial score (nSPS) is 29.4. The van der Waals surface area contributed by atoms with Crippen LogP contribution in [-0.2, 0) is 16.0 Å². The topological polar surface area (TPSA) is 29.5 Å². The quantitative estimate of drug-likeness (QED) is 0.822. The van der Waals surface area contributed by atoms with Crippen molar-refractivity contribution >= 4 is 5.91 Å². The second-order valence-electron chi connectivity index (χ2n) is 8.30. The zero-order chi connectivity index (χ0) is 18.2. The maximum Gasteiger partial charge on any atom is 0.223 e. The molecule has 0 aromatic heterocycles. The molecule has 0 N–H and O–H groups in total. The standard InChI is InChI=1S/C24H27NO2/c26-24(14-19-11-10-18-8-4-5-9-20(18)19)25-15-21(17-6-2-1-3-7-17)22-16-27-13-12-23(22)25/h1-9,19,21-23H,10-16H2. The second-order valence-corrected chi connectivity index (χ2v) is 8.30. The molecule has 3 nitrogen and oxygen atoms in total. The third-order valence-corrected chi connectivity index (χ3v) is 6.90. The number of ether oxygens (including phenoxy) is 1. The predicted octanol–water partition coefficient (Wildman–Crippen LogP) is 4.14. The molecule has 4 atom stereocenters. The number of amides is 1. The molecule has 0 spiro atoms. The van der Waals surface area contributed by atoms with Gasteiger partial charge in [0, 0.05) is 37.5 Å². The number of benzene rings is 2. The third kappa shape index (κ3) is 3.08. The van der Waals surface area contributed by atoms with E-state index in [0.717, 1.165) is 39.0 Å². The molecule has 4 unspecified atom stereocenters. The molecule has 2 aliphatic heterocycles. The van der Waals surface area contributed by atoms with Crippen molar-refractivity contribution in [2.24, 2.45) is 5.92 Å². The summed E-state index contributed by atoms with van der Waals surface area (Å²) in [5.74, 6) is 1.56.